The van der Waals surface area contributed by atoms with Crippen molar-refractivity contribution in [2.24, 2.45) is 0 Å². The molecule has 0 saturated carbocycles. The van der Waals surface area contributed by atoms with E-state index in [4.69, 9.17) is 0 Å². The molecule has 2 aliphatic carbocycles. The van der Waals surface area contributed by atoms with E-state index in [9.17, 15) is 0 Å². The van der Waals surface area contributed by atoms with Crippen LogP contribution in [0.15, 0.2) is 132 Å². The van der Waals surface area contributed by atoms with Crippen molar-refractivity contribution in [3.63, 3.8) is 0 Å². The standard InChI is InChI=1S/2C20H15.C2H6Si.2FH.Zr/c2*1-14-12-16-8-5-11-19(20(16)13-14)18-10-4-7-15-6-2-3-9-17(15)18;1-3-2;;;/h2*2-13H,1H3;1-2H3;2*1H;/q;;;;;+2/p-2. The Kier molecular flexibility index (Phi) is 8.98. The first-order valence-electron chi connectivity index (χ1n) is 15.8. The van der Waals surface area contributed by atoms with Gasteiger partial charge in [-0.05, 0) is 0 Å². The van der Waals surface area contributed by atoms with Crippen molar-refractivity contribution in [1.29, 1.82) is 0 Å². The first kappa shape index (κ1) is 32.2. The van der Waals surface area contributed by atoms with Crippen molar-refractivity contribution >= 4 is 39.1 Å². The molecule has 0 bridgehead atoms. The summed E-state index contributed by atoms with van der Waals surface area (Å²) in [6, 6.07) is 45.5. The number of rotatable bonds is 4. The van der Waals surface area contributed by atoms with Gasteiger partial charge in [0, 0.05) is 0 Å². The summed E-state index contributed by atoms with van der Waals surface area (Å²) in [6.07, 6.45) is 5.12. The van der Waals surface area contributed by atoms with Crippen LogP contribution < -0.4 is 9.41 Å². The number of benzene rings is 6. The van der Waals surface area contributed by atoms with E-state index in [0.717, 1.165) is 0 Å². The minimum absolute atomic E-state index is 0. The van der Waals surface area contributed by atoms with Gasteiger partial charge in [0.25, 0.3) is 0 Å². The molecule has 0 radical (unpaired) electrons. The molecule has 226 valence electrons. The second kappa shape index (κ2) is 12.8. The van der Waals surface area contributed by atoms with E-state index in [2.05, 4.69) is 160 Å². The minimum atomic E-state index is -2.16. The molecular weight excluding hydrogens is 662 g/mol. The summed E-state index contributed by atoms with van der Waals surface area (Å²) in [5, 5.41) is 5.31. The average Bonchev–Trinajstić information content (AvgIpc) is 3.56. The fourth-order valence-electron chi connectivity index (χ4n) is 8.06. The van der Waals surface area contributed by atoms with Crippen LogP contribution >= 0.6 is 0 Å². The third kappa shape index (κ3) is 5.11. The quantitative estimate of drug-likeness (QED) is 0.204. The zero-order valence-electron chi connectivity index (χ0n) is 26.6. The topological polar surface area (TPSA) is 0 Å². The van der Waals surface area contributed by atoms with Gasteiger partial charge in [0.2, 0.25) is 0 Å². The van der Waals surface area contributed by atoms with Gasteiger partial charge in [0.05, 0.1) is 0 Å². The van der Waals surface area contributed by atoms with Crippen LogP contribution in [0.3, 0.4) is 0 Å². The van der Waals surface area contributed by atoms with Crippen molar-refractivity contribution < 1.29 is 29.8 Å². The van der Waals surface area contributed by atoms with Crippen molar-refractivity contribution in [1.82, 2.24) is 0 Å². The van der Waals surface area contributed by atoms with Gasteiger partial charge in [0.15, 0.2) is 0 Å². The van der Waals surface area contributed by atoms with E-state index in [1.807, 2.05) is 0 Å². The Hall–Kier alpha value is -3.72. The maximum Gasteiger partial charge on any atom is -1.00 e. The zero-order valence-corrected chi connectivity index (χ0v) is 30.1. The van der Waals surface area contributed by atoms with Crippen LogP contribution in [0, 0.1) is 0 Å². The summed E-state index contributed by atoms with van der Waals surface area (Å²) < 4.78 is 1.23. The van der Waals surface area contributed by atoms with Gasteiger partial charge in [-0.15, -0.1) is 0 Å². The van der Waals surface area contributed by atoms with Gasteiger partial charge in [-0.2, -0.15) is 0 Å². The molecule has 8 rings (SSSR count). The molecule has 0 fully saturated rings. The average molecular weight is 698 g/mol. The first-order valence-corrected chi connectivity index (χ1v) is 24.8. The molecule has 0 aliphatic heterocycles. The summed E-state index contributed by atoms with van der Waals surface area (Å²) in [7, 11) is 0. The monoisotopic (exact) mass is 696 g/mol. The Labute approximate surface area is 278 Å². The summed E-state index contributed by atoms with van der Waals surface area (Å²) in [5.41, 5.74) is 14.3. The molecular formula is C42H36F2SiZr. The minimum Gasteiger partial charge on any atom is -1.00 e. The molecule has 0 N–H and O–H groups in total. The number of halogens is 2. The molecule has 2 unspecified atom stereocenters. The second-order valence-electron chi connectivity index (χ2n) is 12.8. The molecule has 6 aromatic rings. The van der Waals surface area contributed by atoms with Crippen LogP contribution in [0.1, 0.15) is 43.4 Å². The smallest absolute Gasteiger partial charge is 1.00 e. The van der Waals surface area contributed by atoms with Gasteiger partial charge < -0.3 is 9.41 Å². The first-order chi connectivity index (χ1) is 21.5. The number of fused-ring (bicyclic) bond motifs is 4. The molecule has 4 heteroatoms. The molecule has 0 spiro atoms. The summed E-state index contributed by atoms with van der Waals surface area (Å²) >= 11 is -2.16. The normalized spacial score (nSPS) is 16.0. The SMILES string of the molecule is CC1=Cc2c(-c3cccc4ccccc34)cccc2[CH]1[Zr+2]([CH]1C(C)=Cc2c(-c3cccc4ccccc34)cccc21)=[Si](C)C.[F-].[F-]. The maximum atomic E-state index is 2.62. The van der Waals surface area contributed by atoms with E-state index in [-0.39, 0.29) is 9.41 Å². The van der Waals surface area contributed by atoms with Crippen LogP contribution in [0.4, 0.5) is 0 Å². The fraction of sp³-hybridized carbons (Fsp3) is 0.143. The molecule has 6 aromatic carbocycles. The Morgan fingerprint density at radius 3 is 1.26 bits per heavy atom. The number of hydrogen-bond donors (Lipinski definition) is 0. The largest absolute Gasteiger partial charge is 1.00 e. The maximum absolute atomic E-state index is 2.62. The van der Waals surface area contributed by atoms with E-state index in [1.165, 1.54) is 54.9 Å². The number of hydrogen-bond acceptors (Lipinski definition) is 0. The van der Waals surface area contributed by atoms with E-state index in [1.54, 1.807) is 22.3 Å². The Bertz CT molecular complexity index is 2080. The molecule has 0 heterocycles. The van der Waals surface area contributed by atoms with Gasteiger partial charge in [-0.3, -0.25) is 0 Å². The predicted molar refractivity (Wildman–Crippen MR) is 189 cm³/mol. The van der Waals surface area contributed by atoms with Crippen LogP contribution in [-0.4, -0.2) is 5.43 Å². The van der Waals surface area contributed by atoms with Crippen molar-refractivity contribution in [3.8, 4) is 22.3 Å². The molecule has 2 aliphatic rings. The molecule has 0 saturated heterocycles. The third-order valence-corrected chi connectivity index (χ3v) is 29.8. The van der Waals surface area contributed by atoms with Gasteiger partial charge in [-0.1, -0.05) is 0 Å². The van der Waals surface area contributed by atoms with Crippen molar-refractivity contribution in [2.45, 2.75) is 34.2 Å². The van der Waals surface area contributed by atoms with Crippen LogP contribution in [0.5, 0.6) is 0 Å². The summed E-state index contributed by atoms with van der Waals surface area (Å²) in [6.45, 7) is 10.1. The van der Waals surface area contributed by atoms with Gasteiger partial charge in [-0.25, -0.2) is 0 Å². The molecule has 0 amide bonds. The predicted octanol–water partition coefficient (Wildman–Crippen LogP) is 5.82. The molecule has 2 atom stereocenters. The molecule has 46 heavy (non-hydrogen) atoms. The van der Waals surface area contributed by atoms with E-state index in [0.29, 0.717) is 7.25 Å². The fourth-order valence-corrected chi connectivity index (χ4v) is 28.8. The Morgan fingerprint density at radius 1 is 0.457 bits per heavy atom. The molecule has 0 nitrogen and oxygen atoms in total. The number of allylic oxidation sites excluding steroid dienone is 2. The van der Waals surface area contributed by atoms with Gasteiger partial charge >= 0.3 is 271 Å². The third-order valence-electron chi connectivity index (χ3n) is 9.92. The Balaban J connectivity index is 0.00000186. The Morgan fingerprint density at radius 2 is 0.826 bits per heavy atom. The van der Waals surface area contributed by atoms with E-state index >= 15 is 0 Å². The van der Waals surface area contributed by atoms with Crippen LogP contribution in [0.25, 0.3) is 56.0 Å². The second-order valence-corrected chi connectivity index (χ2v) is 30.6. The van der Waals surface area contributed by atoms with Crippen LogP contribution in [0.2, 0.25) is 13.1 Å². The zero-order chi connectivity index (χ0) is 29.9. The van der Waals surface area contributed by atoms with Crippen molar-refractivity contribution in [3.05, 3.63) is 155 Å². The van der Waals surface area contributed by atoms with Gasteiger partial charge in [0.1, 0.15) is 0 Å². The summed E-state index contributed by atoms with van der Waals surface area (Å²) in [5.74, 6) is 0. The molecule has 0 aromatic heterocycles. The van der Waals surface area contributed by atoms with E-state index < -0.39 is 25.8 Å². The van der Waals surface area contributed by atoms with Crippen molar-refractivity contribution in [2.75, 3.05) is 0 Å². The summed E-state index contributed by atoms with van der Waals surface area (Å²) in [4.78, 5) is 0. The van der Waals surface area contributed by atoms with Crippen LogP contribution in [-0.2, 0) is 20.4 Å².